The summed E-state index contributed by atoms with van der Waals surface area (Å²) in [6.07, 6.45) is 0. The molecule has 5 nitrogen and oxygen atoms in total. The molecule has 0 bridgehead atoms. The van der Waals surface area contributed by atoms with Gasteiger partial charge < -0.3 is 15.3 Å². The lowest BCUT2D eigenvalue weighted by Gasteiger charge is -2.20. The van der Waals surface area contributed by atoms with Crippen LogP contribution >= 0.6 is 0 Å². The number of aliphatic hydroxyl groups is 2. The SMILES string of the molecule is CC(C(=O)O)c1ccc(CN(CCO)CCO)cc1. The second-order valence-electron chi connectivity index (χ2n) is 4.52. The van der Waals surface area contributed by atoms with E-state index >= 15 is 0 Å². The highest BCUT2D eigenvalue weighted by Crippen LogP contribution is 2.16. The molecule has 0 fully saturated rings. The average Bonchev–Trinajstić information content (AvgIpc) is 2.39. The lowest BCUT2D eigenvalue weighted by molar-refractivity contribution is -0.138. The van der Waals surface area contributed by atoms with E-state index < -0.39 is 11.9 Å². The van der Waals surface area contributed by atoms with E-state index in [0.29, 0.717) is 19.6 Å². The molecule has 1 aromatic carbocycles. The van der Waals surface area contributed by atoms with Crippen molar-refractivity contribution < 1.29 is 20.1 Å². The van der Waals surface area contributed by atoms with E-state index in [1.54, 1.807) is 6.92 Å². The number of nitrogens with zero attached hydrogens (tertiary/aromatic N) is 1. The Bertz CT molecular complexity index is 385. The Balaban J connectivity index is 2.67. The second kappa shape index (κ2) is 7.89. The second-order valence-corrected chi connectivity index (χ2v) is 4.52. The van der Waals surface area contributed by atoms with Crippen LogP contribution in [0.1, 0.15) is 24.0 Å². The summed E-state index contributed by atoms with van der Waals surface area (Å²) in [5.41, 5.74) is 1.80. The Hall–Kier alpha value is -1.43. The van der Waals surface area contributed by atoms with Gasteiger partial charge in [0.1, 0.15) is 0 Å². The van der Waals surface area contributed by atoms with Crippen molar-refractivity contribution in [1.82, 2.24) is 4.90 Å². The fourth-order valence-corrected chi connectivity index (χ4v) is 1.87. The van der Waals surface area contributed by atoms with Gasteiger partial charge in [0.05, 0.1) is 19.1 Å². The molecule has 0 aromatic heterocycles. The minimum atomic E-state index is -0.838. The third-order valence-corrected chi connectivity index (χ3v) is 3.09. The number of benzene rings is 1. The van der Waals surface area contributed by atoms with Crippen LogP contribution in [0.4, 0.5) is 0 Å². The zero-order valence-electron chi connectivity index (χ0n) is 11.1. The van der Waals surface area contributed by atoms with Gasteiger partial charge in [0.15, 0.2) is 0 Å². The summed E-state index contributed by atoms with van der Waals surface area (Å²) in [4.78, 5) is 12.8. The summed E-state index contributed by atoms with van der Waals surface area (Å²) in [6, 6.07) is 7.39. The number of carbonyl (C=O) groups is 1. The zero-order chi connectivity index (χ0) is 14.3. The standard InChI is InChI=1S/C14H21NO4/c1-11(14(18)19)13-4-2-12(3-5-13)10-15(6-8-16)7-9-17/h2-5,11,16-17H,6-10H2,1H3,(H,18,19). The Morgan fingerprint density at radius 3 is 2.11 bits per heavy atom. The maximum Gasteiger partial charge on any atom is 0.310 e. The van der Waals surface area contributed by atoms with Crippen molar-refractivity contribution in [2.75, 3.05) is 26.3 Å². The van der Waals surface area contributed by atoms with Gasteiger partial charge in [0, 0.05) is 19.6 Å². The highest BCUT2D eigenvalue weighted by Gasteiger charge is 2.13. The van der Waals surface area contributed by atoms with E-state index in [9.17, 15) is 4.79 Å². The van der Waals surface area contributed by atoms with Crippen LogP contribution in [-0.4, -0.2) is 52.5 Å². The van der Waals surface area contributed by atoms with Gasteiger partial charge in [-0.1, -0.05) is 24.3 Å². The first-order valence-corrected chi connectivity index (χ1v) is 6.34. The fraction of sp³-hybridized carbons (Fsp3) is 0.500. The molecular formula is C14H21NO4. The van der Waals surface area contributed by atoms with Crippen LogP contribution in [0.15, 0.2) is 24.3 Å². The summed E-state index contributed by atoms with van der Waals surface area (Å²) in [6.45, 7) is 3.40. The molecule has 0 aliphatic heterocycles. The van der Waals surface area contributed by atoms with Crippen molar-refractivity contribution in [3.05, 3.63) is 35.4 Å². The van der Waals surface area contributed by atoms with Crippen molar-refractivity contribution in [1.29, 1.82) is 0 Å². The number of carboxylic acid groups (broad SMARTS) is 1. The molecular weight excluding hydrogens is 246 g/mol. The summed E-state index contributed by atoms with van der Waals surface area (Å²) in [5.74, 6) is -1.35. The number of hydrogen-bond donors (Lipinski definition) is 3. The van der Waals surface area contributed by atoms with Crippen molar-refractivity contribution in [3.63, 3.8) is 0 Å². The summed E-state index contributed by atoms with van der Waals surface area (Å²) in [5, 5.41) is 26.8. The molecule has 0 aliphatic rings. The van der Waals surface area contributed by atoms with Gasteiger partial charge in [-0.2, -0.15) is 0 Å². The molecule has 19 heavy (non-hydrogen) atoms. The Labute approximate surface area is 113 Å². The molecule has 0 saturated carbocycles. The number of carboxylic acids is 1. The van der Waals surface area contributed by atoms with Gasteiger partial charge in [-0.05, 0) is 18.1 Å². The molecule has 0 amide bonds. The minimum absolute atomic E-state index is 0.0497. The third-order valence-electron chi connectivity index (χ3n) is 3.09. The lowest BCUT2D eigenvalue weighted by Crippen LogP contribution is -2.29. The van der Waals surface area contributed by atoms with Gasteiger partial charge in [-0.15, -0.1) is 0 Å². The first-order chi connectivity index (χ1) is 9.08. The average molecular weight is 267 g/mol. The van der Waals surface area contributed by atoms with Crippen molar-refractivity contribution >= 4 is 5.97 Å². The van der Waals surface area contributed by atoms with E-state index in [1.165, 1.54) is 0 Å². The number of aliphatic carboxylic acids is 1. The highest BCUT2D eigenvalue weighted by molar-refractivity contribution is 5.75. The van der Waals surface area contributed by atoms with Crippen LogP contribution in [0.5, 0.6) is 0 Å². The first-order valence-electron chi connectivity index (χ1n) is 6.34. The number of rotatable bonds is 8. The predicted molar refractivity (Wildman–Crippen MR) is 71.9 cm³/mol. The molecule has 0 spiro atoms. The lowest BCUT2D eigenvalue weighted by atomic mass is 10.00. The van der Waals surface area contributed by atoms with E-state index in [0.717, 1.165) is 11.1 Å². The van der Waals surface area contributed by atoms with E-state index in [4.69, 9.17) is 15.3 Å². The monoisotopic (exact) mass is 267 g/mol. The maximum absolute atomic E-state index is 10.9. The molecule has 0 saturated heterocycles. The predicted octanol–water partition coefficient (Wildman–Crippen LogP) is 0.661. The maximum atomic E-state index is 10.9. The third kappa shape index (κ3) is 4.98. The largest absolute Gasteiger partial charge is 0.481 e. The van der Waals surface area contributed by atoms with Crippen LogP contribution in [0.25, 0.3) is 0 Å². The van der Waals surface area contributed by atoms with Crippen LogP contribution in [0.2, 0.25) is 0 Å². The normalized spacial score (nSPS) is 12.6. The number of aliphatic hydroxyl groups excluding tert-OH is 2. The summed E-state index contributed by atoms with van der Waals surface area (Å²) in [7, 11) is 0. The van der Waals surface area contributed by atoms with Crippen LogP contribution < -0.4 is 0 Å². The summed E-state index contributed by atoms with van der Waals surface area (Å²) >= 11 is 0. The Morgan fingerprint density at radius 1 is 1.16 bits per heavy atom. The van der Waals surface area contributed by atoms with E-state index in [1.807, 2.05) is 29.2 Å². The van der Waals surface area contributed by atoms with E-state index in [-0.39, 0.29) is 13.2 Å². The van der Waals surface area contributed by atoms with Crippen LogP contribution in [0.3, 0.4) is 0 Å². The highest BCUT2D eigenvalue weighted by atomic mass is 16.4. The van der Waals surface area contributed by atoms with Crippen molar-refractivity contribution in [2.24, 2.45) is 0 Å². The molecule has 0 aliphatic carbocycles. The summed E-state index contributed by atoms with van der Waals surface area (Å²) < 4.78 is 0. The molecule has 1 aromatic rings. The zero-order valence-corrected chi connectivity index (χ0v) is 11.1. The van der Waals surface area contributed by atoms with Gasteiger partial charge in [0.2, 0.25) is 0 Å². The fourth-order valence-electron chi connectivity index (χ4n) is 1.87. The molecule has 1 atom stereocenters. The molecule has 106 valence electrons. The first kappa shape index (κ1) is 15.6. The van der Waals surface area contributed by atoms with Crippen LogP contribution in [-0.2, 0) is 11.3 Å². The molecule has 1 unspecified atom stereocenters. The Morgan fingerprint density at radius 2 is 1.68 bits per heavy atom. The molecule has 0 radical (unpaired) electrons. The van der Waals surface area contributed by atoms with Gasteiger partial charge >= 0.3 is 5.97 Å². The Kier molecular flexibility index (Phi) is 6.49. The molecule has 5 heteroatoms. The van der Waals surface area contributed by atoms with Gasteiger partial charge in [-0.3, -0.25) is 9.69 Å². The van der Waals surface area contributed by atoms with Gasteiger partial charge in [0.25, 0.3) is 0 Å². The van der Waals surface area contributed by atoms with E-state index in [2.05, 4.69) is 0 Å². The molecule has 0 heterocycles. The van der Waals surface area contributed by atoms with Crippen molar-refractivity contribution in [3.8, 4) is 0 Å². The molecule has 1 rings (SSSR count). The topological polar surface area (TPSA) is 81.0 Å². The van der Waals surface area contributed by atoms with Crippen LogP contribution in [0, 0.1) is 0 Å². The van der Waals surface area contributed by atoms with Crippen molar-refractivity contribution in [2.45, 2.75) is 19.4 Å². The van der Waals surface area contributed by atoms with Gasteiger partial charge in [-0.25, -0.2) is 0 Å². The number of hydrogen-bond acceptors (Lipinski definition) is 4. The minimum Gasteiger partial charge on any atom is -0.481 e. The molecule has 3 N–H and O–H groups in total. The smallest absolute Gasteiger partial charge is 0.310 e. The quantitative estimate of drug-likeness (QED) is 0.645.